The predicted molar refractivity (Wildman–Crippen MR) is 46.6 cm³/mol. The van der Waals surface area contributed by atoms with E-state index in [9.17, 15) is 8.42 Å². The quantitative estimate of drug-likeness (QED) is 0.723. The van der Waals surface area contributed by atoms with Crippen molar-refractivity contribution in [3.8, 4) is 0 Å². The molecular formula is C6H9NO3S2. The summed E-state index contributed by atoms with van der Waals surface area (Å²) in [7, 11) is -3.54. The van der Waals surface area contributed by atoms with Gasteiger partial charge in [0.15, 0.2) is 0 Å². The Labute approximate surface area is 74.9 Å². The van der Waals surface area contributed by atoms with Gasteiger partial charge in [0.25, 0.3) is 0 Å². The highest BCUT2D eigenvalue weighted by atomic mass is 32.2. The monoisotopic (exact) mass is 207 g/mol. The number of sulfonamides is 1. The largest absolute Gasteiger partial charge is 0.302 e. The highest BCUT2D eigenvalue weighted by molar-refractivity contribution is 7.88. The van der Waals surface area contributed by atoms with E-state index in [0.29, 0.717) is 4.88 Å². The number of rotatable bonds is 3. The molecular weight excluding hydrogens is 198 g/mol. The van der Waals surface area contributed by atoms with Crippen LogP contribution in [0.1, 0.15) is 9.75 Å². The topological polar surface area (TPSA) is 66.4 Å². The molecule has 0 amide bonds. The van der Waals surface area contributed by atoms with Gasteiger partial charge in [-0.05, 0) is 19.1 Å². The van der Waals surface area contributed by atoms with E-state index in [2.05, 4.69) is 0 Å². The summed E-state index contributed by atoms with van der Waals surface area (Å²) in [5.41, 5.74) is 0. The first-order valence-corrected chi connectivity index (χ1v) is 5.69. The smallest absolute Gasteiger partial charge is 0.238 e. The number of thiophene rings is 1. The van der Waals surface area contributed by atoms with Crippen LogP contribution in [0.5, 0.6) is 0 Å². The van der Waals surface area contributed by atoms with Crippen LogP contribution >= 0.6 is 11.3 Å². The molecule has 0 aliphatic carbocycles. The zero-order valence-electron chi connectivity index (χ0n) is 6.44. The minimum Gasteiger partial charge on any atom is -0.302 e. The van der Waals surface area contributed by atoms with Gasteiger partial charge in [-0.15, -0.1) is 11.3 Å². The Morgan fingerprint density at radius 1 is 1.58 bits per heavy atom. The highest BCUT2D eigenvalue weighted by Crippen LogP contribution is 2.16. The minimum absolute atomic E-state index is 0.165. The van der Waals surface area contributed by atoms with E-state index in [1.807, 2.05) is 13.0 Å². The van der Waals surface area contributed by atoms with Crippen molar-refractivity contribution in [3.05, 3.63) is 21.9 Å². The fraction of sp³-hybridized carbons (Fsp3) is 0.333. The van der Waals surface area contributed by atoms with Gasteiger partial charge in [0, 0.05) is 9.75 Å². The minimum atomic E-state index is -3.54. The molecule has 0 spiro atoms. The molecule has 0 atom stereocenters. The zero-order chi connectivity index (χ0) is 9.19. The highest BCUT2D eigenvalue weighted by Gasteiger charge is 2.10. The lowest BCUT2D eigenvalue weighted by atomic mass is 10.5. The van der Waals surface area contributed by atoms with Gasteiger partial charge < -0.3 is 5.21 Å². The molecule has 0 radical (unpaired) electrons. The Balaban J connectivity index is 2.77. The first-order chi connectivity index (χ1) is 5.53. The van der Waals surface area contributed by atoms with Gasteiger partial charge >= 0.3 is 0 Å². The van der Waals surface area contributed by atoms with E-state index in [1.165, 1.54) is 16.2 Å². The molecule has 1 heterocycles. The number of hydrogen-bond donors (Lipinski definition) is 2. The lowest BCUT2D eigenvalue weighted by molar-refractivity contribution is 0.242. The van der Waals surface area contributed by atoms with Crippen molar-refractivity contribution >= 4 is 21.4 Å². The van der Waals surface area contributed by atoms with Crippen LogP contribution in [0.25, 0.3) is 0 Å². The fourth-order valence-corrected chi connectivity index (χ4v) is 2.70. The maximum Gasteiger partial charge on any atom is 0.238 e. The van der Waals surface area contributed by atoms with Crippen LogP contribution in [0.3, 0.4) is 0 Å². The third-order valence-electron chi connectivity index (χ3n) is 1.27. The van der Waals surface area contributed by atoms with E-state index in [0.717, 1.165) is 4.88 Å². The molecule has 0 saturated heterocycles. The summed E-state index contributed by atoms with van der Waals surface area (Å²) < 4.78 is 21.6. The molecule has 1 aromatic heterocycles. The normalized spacial score (nSPS) is 11.8. The molecule has 12 heavy (non-hydrogen) atoms. The van der Waals surface area contributed by atoms with Crippen molar-refractivity contribution in [1.29, 1.82) is 0 Å². The fourth-order valence-electron chi connectivity index (χ4n) is 0.782. The number of hydrogen-bond acceptors (Lipinski definition) is 4. The van der Waals surface area contributed by atoms with Gasteiger partial charge in [0.1, 0.15) is 5.75 Å². The Morgan fingerprint density at radius 3 is 2.67 bits per heavy atom. The molecule has 1 aromatic rings. The zero-order valence-corrected chi connectivity index (χ0v) is 8.08. The Kier molecular flexibility index (Phi) is 2.84. The SMILES string of the molecule is Cc1ccc(CS(=O)(=O)NO)s1. The first kappa shape index (κ1) is 9.66. The van der Waals surface area contributed by atoms with E-state index in [-0.39, 0.29) is 5.75 Å². The second kappa shape index (κ2) is 3.53. The van der Waals surface area contributed by atoms with Crippen LogP contribution in [0, 0.1) is 6.92 Å². The molecule has 0 aliphatic heterocycles. The molecule has 1 rings (SSSR count). The number of aryl methyl sites for hydroxylation is 1. The Morgan fingerprint density at radius 2 is 2.25 bits per heavy atom. The number of nitrogens with one attached hydrogen (secondary N) is 1. The van der Waals surface area contributed by atoms with Gasteiger partial charge in [-0.3, -0.25) is 0 Å². The van der Waals surface area contributed by atoms with Crippen LogP contribution in [0.15, 0.2) is 12.1 Å². The molecule has 6 heteroatoms. The molecule has 68 valence electrons. The lowest BCUT2D eigenvalue weighted by Gasteiger charge is -1.96. The third-order valence-corrected chi connectivity index (χ3v) is 3.42. The van der Waals surface area contributed by atoms with Gasteiger partial charge in [0.2, 0.25) is 10.0 Å². The maximum atomic E-state index is 10.8. The van der Waals surface area contributed by atoms with Crippen molar-refractivity contribution in [2.75, 3.05) is 0 Å². The van der Waals surface area contributed by atoms with E-state index in [4.69, 9.17) is 5.21 Å². The summed E-state index contributed by atoms with van der Waals surface area (Å²) in [6, 6.07) is 3.57. The summed E-state index contributed by atoms with van der Waals surface area (Å²) >= 11 is 1.40. The van der Waals surface area contributed by atoms with Gasteiger partial charge in [-0.1, -0.05) is 4.89 Å². The van der Waals surface area contributed by atoms with Gasteiger partial charge in [-0.2, -0.15) is 0 Å². The average molecular weight is 207 g/mol. The summed E-state index contributed by atoms with van der Waals surface area (Å²) in [6.45, 7) is 1.90. The Bertz CT molecular complexity index is 355. The van der Waals surface area contributed by atoms with Crippen LogP contribution < -0.4 is 4.89 Å². The summed E-state index contributed by atoms with van der Waals surface area (Å²) in [5, 5.41) is 8.23. The summed E-state index contributed by atoms with van der Waals surface area (Å²) in [5.74, 6) is -0.165. The molecule has 0 saturated carbocycles. The van der Waals surface area contributed by atoms with Crippen LogP contribution in [-0.2, 0) is 15.8 Å². The summed E-state index contributed by atoms with van der Waals surface area (Å²) in [4.78, 5) is 3.05. The molecule has 0 aliphatic rings. The second-order valence-electron chi connectivity index (χ2n) is 2.36. The Hall–Kier alpha value is -0.430. The van der Waals surface area contributed by atoms with E-state index >= 15 is 0 Å². The van der Waals surface area contributed by atoms with E-state index < -0.39 is 10.0 Å². The molecule has 0 unspecified atom stereocenters. The average Bonchev–Trinajstić information content (AvgIpc) is 2.35. The standard InChI is InChI=1S/C6H9NO3S2/c1-5-2-3-6(11-5)4-12(9,10)7-8/h2-3,7-8H,4H2,1H3. The van der Waals surface area contributed by atoms with Crippen molar-refractivity contribution in [1.82, 2.24) is 4.89 Å². The maximum absolute atomic E-state index is 10.8. The van der Waals surface area contributed by atoms with Crippen molar-refractivity contribution < 1.29 is 13.6 Å². The molecule has 0 aromatic carbocycles. The van der Waals surface area contributed by atoms with Crippen LogP contribution in [0.2, 0.25) is 0 Å². The van der Waals surface area contributed by atoms with Crippen LogP contribution in [0.4, 0.5) is 0 Å². The molecule has 0 bridgehead atoms. The van der Waals surface area contributed by atoms with Crippen molar-refractivity contribution in [2.45, 2.75) is 12.7 Å². The van der Waals surface area contributed by atoms with Gasteiger partial charge in [-0.25, -0.2) is 8.42 Å². The van der Waals surface area contributed by atoms with Crippen LogP contribution in [-0.4, -0.2) is 13.6 Å². The van der Waals surface area contributed by atoms with Crippen molar-refractivity contribution in [3.63, 3.8) is 0 Å². The predicted octanol–water partition coefficient (Wildman–Crippen LogP) is 0.865. The lowest BCUT2D eigenvalue weighted by Crippen LogP contribution is -2.20. The molecule has 0 fully saturated rings. The third kappa shape index (κ3) is 2.56. The summed E-state index contributed by atoms with van der Waals surface area (Å²) in [6.07, 6.45) is 0. The molecule has 4 nitrogen and oxygen atoms in total. The molecule has 2 N–H and O–H groups in total. The second-order valence-corrected chi connectivity index (χ2v) is 5.44. The van der Waals surface area contributed by atoms with Gasteiger partial charge in [0.05, 0.1) is 0 Å². The van der Waals surface area contributed by atoms with Crippen molar-refractivity contribution in [2.24, 2.45) is 0 Å². The van der Waals surface area contributed by atoms with E-state index in [1.54, 1.807) is 6.07 Å². The first-order valence-electron chi connectivity index (χ1n) is 3.22.